The van der Waals surface area contributed by atoms with Gasteiger partial charge in [-0.05, 0) is 201 Å². The minimum absolute atomic E-state index is 1.08. The number of hydrogen-bond acceptors (Lipinski definition) is 4. The molecule has 368 valence electrons. The molecule has 0 aliphatic heterocycles. The van der Waals surface area contributed by atoms with Gasteiger partial charge in [-0.25, -0.2) is 0 Å². The van der Waals surface area contributed by atoms with Gasteiger partial charge in [0.2, 0.25) is 0 Å². The minimum atomic E-state index is 1.08. The van der Waals surface area contributed by atoms with E-state index in [1.54, 1.807) is 0 Å². The zero-order chi connectivity index (χ0) is 51.8. The number of anilines is 12. The summed E-state index contributed by atoms with van der Waals surface area (Å²) in [5, 5.41) is 0. The van der Waals surface area contributed by atoms with Crippen LogP contribution in [0.5, 0.6) is 0 Å². The van der Waals surface area contributed by atoms with Crippen LogP contribution in [0, 0.1) is 0 Å². The second-order valence-corrected chi connectivity index (χ2v) is 19.7. The highest BCUT2D eigenvalue weighted by molar-refractivity contribution is 6.20. The predicted molar refractivity (Wildman–Crippen MR) is 328 cm³/mol. The molecule has 0 radical (unpaired) electrons. The third kappa shape index (κ3) is 8.30. The highest BCUT2D eigenvalue weighted by atomic mass is 15.2. The highest BCUT2D eigenvalue weighted by Gasteiger charge is 2.35. The standard InChI is InChI=1S/C74H52N4/c1-9-25-53(26-10-1)75(54-27-11-2-12-28-54)61-41-45-65-66-46-42-62(76(55-29-13-3-14-30-55)56-31-15-4-16-32-56)50-70(66)73(69(65)49-61)74-71-51-63(77(57-33-17-5-18-34-57)58-35-19-6-20-36-58)43-47-67(71)68-48-44-64(52-72(68)74)78(59-37-21-7-22-38-59)60-39-23-8-24-40-60/h1-52H. The van der Waals surface area contributed by atoms with Crippen LogP contribution in [0.3, 0.4) is 0 Å². The Labute approximate surface area is 456 Å². The van der Waals surface area contributed by atoms with Crippen molar-refractivity contribution in [2.24, 2.45) is 0 Å². The lowest BCUT2D eigenvalue weighted by atomic mass is 9.90. The van der Waals surface area contributed by atoms with E-state index in [-0.39, 0.29) is 0 Å². The van der Waals surface area contributed by atoms with Gasteiger partial charge in [-0.2, -0.15) is 0 Å². The number of para-hydroxylation sites is 8. The van der Waals surface area contributed by atoms with Crippen LogP contribution in [0.1, 0.15) is 22.3 Å². The Kier molecular flexibility index (Phi) is 11.8. The summed E-state index contributed by atoms with van der Waals surface area (Å²) >= 11 is 0. The summed E-state index contributed by atoms with van der Waals surface area (Å²) < 4.78 is 0. The Bertz CT molecular complexity index is 3420. The van der Waals surface area contributed by atoms with E-state index in [1.807, 2.05) is 0 Å². The Hall–Kier alpha value is -10.4. The third-order valence-corrected chi connectivity index (χ3v) is 15.1. The van der Waals surface area contributed by atoms with Gasteiger partial charge in [-0.1, -0.05) is 170 Å². The van der Waals surface area contributed by atoms with Gasteiger partial charge in [0.25, 0.3) is 0 Å². The van der Waals surface area contributed by atoms with E-state index in [0.29, 0.717) is 0 Å². The van der Waals surface area contributed by atoms with E-state index in [9.17, 15) is 0 Å². The van der Waals surface area contributed by atoms with Gasteiger partial charge in [0, 0.05) is 68.2 Å². The molecule has 14 rings (SSSR count). The molecule has 0 saturated heterocycles. The Morgan fingerprint density at radius 2 is 0.282 bits per heavy atom. The number of nitrogens with zero attached hydrogens (tertiary/aromatic N) is 4. The van der Waals surface area contributed by atoms with Crippen LogP contribution in [-0.2, 0) is 0 Å². The lowest BCUT2D eigenvalue weighted by Gasteiger charge is -2.27. The second-order valence-electron chi connectivity index (χ2n) is 19.7. The molecule has 0 unspecified atom stereocenters. The maximum Gasteiger partial charge on any atom is 0.0468 e. The lowest BCUT2D eigenvalue weighted by Crippen LogP contribution is -2.10. The molecule has 2 aliphatic carbocycles. The van der Waals surface area contributed by atoms with Crippen molar-refractivity contribution in [3.05, 3.63) is 338 Å². The number of hydrogen-bond donors (Lipinski definition) is 0. The minimum Gasteiger partial charge on any atom is -0.310 e. The summed E-state index contributed by atoms with van der Waals surface area (Å²) in [6, 6.07) is 114. The van der Waals surface area contributed by atoms with Gasteiger partial charge in [0.1, 0.15) is 0 Å². The zero-order valence-electron chi connectivity index (χ0n) is 42.8. The molecule has 0 heterocycles. The van der Waals surface area contributed by atoms with E-state index in [0.717, 1.165) is 68.2 Å². The number of fused-ring (bicyclic) bond motifs is 6. The molecule has 2 aliphatic rings. The van der Waals surface area contributed by atoms with Crippen molar-refractivity contribution in [1.29, 1.82) is 0 Å². The summed E-state index contributed by atoms with van der Waals surface area (Å²) in [7, 11) is 0. The van der Waals surface area contributed by atoms with Gasteiger partial charge < -0.3 is 19.6 Å². The van der Waals surface area contributed by atoms with Crippen LogP contribution in [0.2, 0.25) is 0 Å². The monoisotopic (exact) mass is 996 g/mol. The van der Waals surface area contributed by atoms with Gasteiger partial charge in [-0.15, -0.1) is 0 Å². The normalized spacial score (nSPS) is 11.8. The smallest absolute Gasteiger partial charge is 0.0468 e. The molecule has 0 atom stereocenters. The largest absolute Gasteiger partial charge is 0.310 e. The van der Waals surface area contributed by atoms with Crippen LogP contribution >= 0.6 is 0 Å². The lowest BCUT2D eigenvalue weighted by molar-refractivity contribution is 1.28. The summed E-state index contributed by atoms with van der Waals surface area (Å²) in [4.78, 5) is 9.52. The molecule has 0 N–H and O–H groups in total. The quantitative estimate of drug-likeness (QED) is 0.121. The fourth-order valence-corrected chi connectivity index (χ4v) is 11.7. The van der Waals surface area contributed by atoms with Crippen molar-refractivity contribution in [3.8, 4) is 22.3 Å². The fraction of sp³-hybridized carbons (Fsp3) is 0. The van der Waals surface area contributed by atoms with Crippen molar-refractivity contribution < 1.29 is 0 Å². The van der Waals surface area contributed by atoms with E-state index in [2.05, 4.69) is 335 Å². The summed E-state index contributed by atoms with van der Waals surface area (Å²) in [5.74, 6) is 0. The van der Waals surface area contributed by atoms with Gasteiger partial charge in [0.05, 0.1) is 0 Å². The molecule has 0 spiro atoms. The fourth-order valence-electron chi connectivity index (χ4n) is 11.7. The van der Waals surface area contributed by atoms with Crippen LogP contribution in [0.15, 0.2) is 315 Å². The zero-order valence-corrected chi connectivity index (χ0v) is 42.8. The summed E-state index contributed by atoms with van der Waals surface area (Å²) in [6.45, 7) is 0. The van der Waals surface area contributed by atoms with Crippen molar-refractivity contribution in [3.63, 3.8) is 0 Å². The molecule has 12 aromatic carbocycles. The molecule has 12 aromatic rings. The first-order valence-electron chi connectivity index (χ1n) is 26.7. The highest BCUT2D eigenvalue weighted by Crippen LogP contribution is 2.58. The summed E-state index contributed by atoms with van der Waals surface area (Å²) in [6.07, 6.45) is 0. The first kappa shape index (κ1) is 46.1. The molecule has 78 heavy (non-hydrogen) atoms. The third-order valence-electron chi connectivity index (χ3n) is 15.1. The van der Waals surface area contributed by atoms with E-state index < -0.39 is 0 Å². The maximum absolute atomic E-state index is 2.44. The SMILES string of the molecule is c1ccc(N(c2ccccc2)c2ccc3c(c2)C(=C2c4cc(N(c5ccccc5)c5ccccc5)ccc4-c4ccc(N(c5ccccc5)c5ccccc5)cc42)c2cc(N(c4ccccc4)c4ccccc4)ccc2-3)cc1. The Morgan fingerprint density at radius 1 is 0.128 bits per heavy atom. The average Bonchev–Trinajstić information content (AvgIpc) is 4.13. The Balaban J connectivity index is 1.08. The van der Waals surface area contributed by atoms with Gasteiger partial charge in [-0.3, -0.25) is 0 Å². The van der Waals surface area contributed by atoms with Crippen molar-refractivity contribution in [1.82, 2.24) is 0 Å². The molecule has 4 heteroatoms. The molecular weight excluding hydrogens is 945 g/mol. The molecule has 0 amide bonds. The molecule has 0 bridgehead atoms. The van der Waals surface area contributed by atoms with Gasteiger partial charge >= 0.3 is 0 Å². The first-order valence-corrected chi connectivity index (χ1v) is 26.7. The van der Waals surface area contributed by atoms with Crippen LogP contribution in [0.4, 0.5) is 68.2 Å². The van der Waals surface area contributed by atoms with E-state index in [4.69, 9.17) is 0 Å². The van der Waals surface area contributed by atoms with E-state index >= 15 is 0 Å². The summed E-state index contributed by atoms with van der Waals surface area (Å²) in [5.41, 5.74) is 24.9. The predicted octanol–water partition coefficient (Wildman–Crippen LogP) is 20.5. The van der Waals surface area contributed by atoms with Crippen LogP contribution in [-0.4, -0.2) is 0 Å². The van der Waals surface area contributed by atoms with Crippen molar-refractivity contribution in [2.75, 3.05) is 19.6 Å². The number of rotatable bonds is 12. The molecule has 0 saturated carbocycles. The molecule has 0 fully saturated rings. The van der Waals surface area contributed by atoms with Crippen molar-refractivity contribution >= 4 is 79.4 Å². The Morgan fingerprint density at radius 3 is 0.436 bits per heavy atom. The molecule has 0 aromatic heterocycles. The second kappa shape index (κ2) is 20.0. The van der Waals surface area contributed by atoms with Crippen LogP contribution < -0.4 is 19.6 Å². The maximum atomic E-state index is 2.44. The topological polar surface area (TPSA) is 13.0 Å². The molecule has 4 nitrogen and oxygen atoms in total. The first-order chi connectivity index (χ1) is 38.7. The number of benzene rings is 12. The van der Waals surface area contributed by atoms with E-state index in [1.165, 1.54) is 55.7 Å². The van der Waals surface area contributed by atoms with Crippen LogP contribution in [0.25, 0.3) is 33.4 Å². The van der Waals surface area contributed by atoms with Gasteiger partial charge in [0.15, 0.2) is 0 Å². The van der Waals surface area contributed by atoms with Crippen molar-refractivity contribution in [2.45, 2.75) is 0 Å². The average molecular weight is 997 g/mol. The molecular formula is C74H52N4.